The van der Waals surface area contributed by atoms with Crippen molar-refractivity contribution in [2.24, 2.45) is 11.1 Å². The first-order chi connectivity index (χ1) is 13.6. The largest absolute Gasteiger partial charge is 0.368 e. The number of hydrogen-bond acceptors (Lipinski definition) is 5. The molecule has 2 aliphatic rings. The summed E-state index contributed by atoms with van der Waals surface area (Å²) in [6, 6.07) is 10.7. The second kappa shape index (κ2) is 5.52. The van der Waals surface area contributed by atoms with Gasteiger partial charge in [-0.3, -0.25) is 4.98 Å². The zero-order chi connectivity index (χ0) is 18.9. The lowest BCUT2D eigenvalue weighted by Gasteiger charge is -2.59. The molecule has 6 rings (SSSR count). The molecule has 6 nitrogen and oxygen atoms in total. The average Bonchev–Trinajstić information content (AvgIpc) is 3.05. The molecular weight excluding hydrogens is 348 g/mol. The maximum atomic E-state index is 5.98. The molecular formula is C22H22N6. The third kappa shape index (κ3) is 2.27. The molecule has 1 saturated carbocycles. The van der Waals surface area contributed by atoms with Crippen LogP contribution in [0.3, 0.4) is 0 Å². The minimum absolute atomic E-state index is 0.398. The molecule has 1 saturated heterocycles. The van der Waals surface area contributed by atoms with Crippen LogP contribution in [-0.2, 0) is 0 Å². The number of nitrogens with two attached hydrogens (primary N) is 1. The number of fused-ring (bicyclic) bond motifs is 2. The number of para-hydroxylation sites is 1. The number of benzene rings is 1. The summed E-state index contributed by atoms with van der Waals surface area (Å²) in [5, 5.41) is 5.73. The van der Waals surface area contributed by atoms with Crippen molar-refractivity contribution >= 4 is 22.2 Å². The molecule has 0 unspecified atom stereocenters. The van der Waals surface area contributed by atoms with E-state index >= 15 is 0 Å². The van der Waals surface area contributed by atoms with Crippen molar-refractivity contribution in [1.29, 1.82) is 0 Å². The molecule has 28 heavy (non-hydrogen) atoms. The van der Waals surface area contributed by atoms with E-state index in [1.54, 1.807) is 0 Å². The molecule has 1 aliphatic carbocycles. The Kier molecular flexibility index (Phi) is 3.15. The summed E-state index contributed by atoms with van der Waals surface area (Å²) in [7, 11) is 0. The summed E-state index contributed by atoms with van der Waals surface area (Å²) in [5.41, 5.74) is 12.6. The van der Waals surface area contributed by atoms with Gasteiger partial charge >= 0.3 is 0 Å². The number of aromatic nitrogens is 4. The van der Waals surface area contributed by atoms with E-state index in [2.05, 4.69) is 39.4 Å². The van der Waals surface area contributed by atoms with E-state index < -0.39 is 0 Å². The molecule has 6 heteroatoms. The Morgan fingerprint density at radius 3 is 2.75 bits per heavy atom. The Morgan fingerprint density at radius 1 is 1.11 bits per heavy atom. The first kappa shape index (κ1) is 16.0. The highest BCUT2D eigenvalue weighted by atomic mass is 15.3. The van der Waals surface area contributed by atoms with Crippen LogP contribution < -0.4 is 10.6 Å². The first-order valence-electron chi connectivity index (χ1n) is 9.81. The van der Waals surface area contributed by atoms with Gasteiger partial charge in [0, 0.05) is 41.2 Å². The smallest absolute Gasteiger partial charge is 0.162 e. The predicted octanol–water partition coefficient (Wildman–Crippen LogP) is 3.18. The Balaban J connectivity index is 1.39. The van der Waals surface area contributed by atoms with Crippen LogP contribution in [0.2, 0.25) is 0 Å². The molecule has 4 aromatic rings. The molecule has 2 fully saturated rings. The fourth-order valence-electron chi connectivity index (χ4n) is 5.01. The highest BCUT2D eigenvalue weighted by Gasteiger charge is 2.51. The van der Waals surface area contributed by atoms with Crippen LogP contribution in [0.15, 0.2) is 48.9 Å². The SMILES string of the molecule is Cc1cc(-c2cnn3cc(N4CC5(CC(N)C5)C4)cnc23)c2ccccc2n1. The van der Waals surface area contributed by atoms with Gasteiger partial charge in [-0.05, 0) is 37.5 Å². The topological polar surface area (TPSA) is 72.3 Å². The molecule has 4 heterocycles. The van der Waals surface area contributed by atoms with Crippen LogP contribution in [0.1, 0.15) is 18.5 Å². The first-order valence-corrected chi connectivity index (χ1v) is 9.81. The standard InChI is InChI=1S/C22H22N6/c1-14-6-18(17-4-2-3-5-20(17)26-14)19-10-25-28-11-16(9-24-21(19)28)27-12-22(13-27)7-15(23)8-22/h2-6,9-11,15H,7-8,12-13,23H2,1H3. The lowest BCUT2D eigenvalue weighted by molar-refractivity contribution is 0.0664. The zero-order valence-corrected chi connectivity index (χ0v) is 15.8. The number of aryl methyl sites for hydroxylation is 1. The van der Waals surface area contributed by atoms with E-state index in [4.69, 9.17) is 10.7 Å². The van der Waals surface area contributed by atoms with Gasteiger partial charge in [0.1, 0.15) is 0 Å². The van der Waals surface area contributed by atoms with E-state index in [0.717, 1.165) is 65.0 Å². The van der Waals surface area contributed by atoms with Crippen LogP contribution in [0, 0.1) is 12.3 Å². The average molecular weight is 370 g/mol. The fourth-order valence-corrected chi connectivity index (χ4v) is 5.01. The van der Waals surface area contributed by atoms with E-state index in [9.17, 15) is 0 Å². The van der Waals surface area contributed by atoms with Gasteiger partial charge in [0.2, 0.25) is 0 Å². The Labute approximate surface area is 163 Å². The van der Waals surface area contributed by atoms with Gasteiger partial charge in [-0.2, -0.15) is 5.10 Å². The zero-order valence-electron chi connectivity index (χ0n) is 15.8. The second-order valence-corrected chi connectivity index (χ2v) is 8.49. The van der Waals surface area contributed by atoms with Crippen LogP contribution in [0.4, 0.5) is 5.69 Å². The van der Waals surface area contributed by atoms with E-state index in [1.807, 2.05) is 36.0 Å². The maximum Gasteiger partial charge on any atom is 0.162 e. The van der Waals surface area contributed by atoms with Gasteiger partial charge in [-0.25, -0.2) is 9.50 Å². The molecule has 0 bridgehead atoms. The number of pyridine rings is 1. The van der Waals surface area contributed by atoms with Crippen molar-refractivity contribution in [3.8, 4) is 11.1 Å². The van der Waals surface area contributed by atoms with Crippen LogP contribution in [0.5, 0.6) is 0 Å². The van der Waals surface area contributed by atoms with E-state index in [-0.39, 0.29) is 0 Å². The Bertz CT molecular complexity index is 1210. The third-order valence-electron chi connectivity index (χ3n) is 6.29. The Hall–Kier alpha value is -2.99. The number of nitrogens with zero attached hydrogens (tertiary/aromatic N) is 5. The number of rotatable bonds is 2. The summed E-state index contributed by atoms with van der Waals surface area (Å²) < 4.78 is 1.90. The number of anilines is 1. The van der Waals surface area contributed by atoms with E-state index in [1.165, 1.54) is 0 Å². The summed E-state index contributed by atoms with van der Waals surface area (Å²) >= 11 is 0. The quantitative estimate of drug-likeness (QED) is 0.587. The lowest BCUT2D eigenvalue weighted by atomic mass is 9.61. The molecule has 1 aliphatic heterocycles. The number of hydrogen-bond donors (Lipinski definition) is 1. The van der Waals surface area contributed by atoms with Gasteiger partial charge in [0.15, 0.2) is 5.65 Å². The molecule has 2 N–H and O–H groups in total. The molecule has 0 atom stereocenters. The van der Waals surface area contributed by atoms with Crippen LogP contribution in [0.25, 0.3) is 27.7 Å². The lowest BCUT2D eigenvalue weighted by Crippen LogP contribution is -2.65. The van der Waals surface area contributed by atoms with Gasteiger partial charge in [-0.1, -0.05) is 18.2 Å². The van der Waals surface area contributed by atoms with Crippen molar-refractivity contribution in [2.75, 3.05) is 18.0 Å². The third-order valence-corrected chi connectivity index (χ3v) is 6.29. The fraction of sp³-hybridized carbons (Fsp3) is 0.318. The normalized spacial score (nSPS) is 18.6. The molecule has 0 radical (unpaired) electrons. The summed E-state index contributed by atoms with van der Waals surface area (Å²) in [4.78, 5) is 11.8. The second-order valence-electron chi connectivity index (χ2n) is 8.49. The molecule has 1 aromatic carbocycles. The Morgan fingerprint density at radius 2 is 1.93 bits per heavy atom. The summed E-state index contributed by atoms with van der Waals surface area (Å²) in [6.07, 6.45) is 8.28. The monoisotopic (exact) mass is 370 g/mol. The summed E-state index contributed by atoms with van der Waals surface area (Å²) in [6.45, 7) is 4.19. The van der Waals surface area contributed by atoms with Crippen molar-refractivity contribution in [2.45, 2.75) is 25.8 Å². The van der Waals surface area contributed by atoms with Crippen molar-refractivity contribution in [3.63, 3.8) is 0 Å². The minimum atomic E-state index is 0.398. The van der Waals surface area contributed by atoms with Gasteiger partial charge in [-0.15, -0.1) is 0 Å². The van der Waals surface area contributed by atoms with Crippen LogP contribution >= 0.6 is 0 Å². The van der Waals surface area contributed by atoms with Gasteiger partial charge in [0.25, 0.3) is 0 Å². The molecule has 0 amide bonds. The molecule has 140 valence electrons. The van der Waals surface area contributed by atoms with Crippen molar-refractivity contribution < 1.29 is 0 Å². The van der Waals surface area contributed by atoms with Crippen molar-refractivity contribution in [3.05, 3.63) is 54.6 Å². The van der Waals surface area contributed by atoms with E-state index in [0.29, 0.717) is 11.5 Å². The maximum absolute atomic E-state index is 5.98. The predicted molar refractivity (Wildman–Crippen MR) is 110 cm³/mol. The summed E-state index contributed by atoms with van der Waals surface area (Å²) in [5.74, 6) is 0. The van der Waals surface area contributed by atoms with Gasteiger partial charge in [0.05, 0.1) is 29.8 Å². The van der Waals surface area contributed by atoms with Gasteiger partial charge < -0.3 is 10.6 Å². The molecule has 1 spiro atoms. The van der Waals surface area contributed by atoms with Crippen molar-refractivity contribution in [1.82, 2.24) is 19.6 Å². The molecule has 3 aromatic heterocycles. The highest BCUT2D eigenvalue weighted by Crippen LogP contribution is 2.48. The highest BCUT2D eigenvalue weighted by molar-refractivity contribution is 5.98. The minimum Gasteiger partial charge on any atom is -0.368 e. The van der Waals surface area contributed by atoms with Crippen LogP contribution in [-0.4, -0.2) is 38.7 Å².